The molecule has 13 heavy (non-hydrogen) atoms. The smallest absolute Gasteiger partial charge is 0.122 e. The van der Waals surface area contributed by atoms with Crippen LogP contribution < -0.4 is 10.6 Å². The Morgan fingerprint density at radius 3 is 2.62 bits per heavy atom. The average Bonchev–Trinajstić information content (AvgIpc) is 2.09. The molecule has 0 aliphatic heterocycles. The van der Waals surface area contributed by atoms with Gasteiger partial charge in [0, 0.05) is 0 Å². The molecule has 3 nitrogen and oxygen atoms in total. The fourth-order valence-electron chi connectivity index (χ4n) is 1.16. The SMILES string of the molecule is Cc1ccc(OCCON)c(C)c1. The average molecular weight is 181 g/mol. The normalized spacial score (nSPS) is 10.1. The molecule has 3 heteroatoms. The lowest BCUT2D eigenvalue weighted by Crippen LogP contribution is -2.10. The molecule has 0 aliphatic carbocycles. The van der Waals surface area contributed by atoms with Crippen molar-refractivity contribution < 1.29 is 9.57 Å². The van der Waals surface area contributed by atoms with Gasteiger partial charge in [0.2, 0.25) is 0 Å². The zero-order valence-electron chi connectivity index (χ0n) is 8.04. The summed E-state index contributed by atoms with van der Waals surface area (Å²) in [6.07, 6.45) is 0. The number of rotatable bonds is 4. The first-order valence-electron chi connectivity index (χ1n) is 4.26. The second kappa shape index (κ2) is 4.84. The molecule has 0 spiro atoms. The summed E-state index contributed by atoms with van der Waals surface area (Å²) in [6, 6.07) is 6.06. The largest absolute Gasteiger partial charge is 0.491 e. The third-order valence-corrected chi connectivity index (χ3v) is 1.79. The quantitative estimate of drug-likeness (QED) is 0.566. The number of benzene rings is 1. The summed E-state index contributed by atoms with van der Waals surface area (Å²) >= 11 is 0. The van der Waals surface area contributed by atoms with Gasteiger partial charge in [-0.25, -0.2) is 5.90 Å². The highest BCUT2D eigenvalue weighted by Crippen LogP contribution is 2.18. The number of hydrogen-bond donors (Lipinski definition) is 1. The maximum absolute atomic E-state index is 5.43. The maximum Gasteiger partial charge on any atom is 0.122 e. The Kier molecular flexibility index (Phi) is 3.73. The van der Waals surface area contributed by atoms with Crippen LogP contribution >= 0.6 is 0 Å². The highest BCUT2D eigenvalue weighted by molar-refractivity contribution is 5.35. The highest BCUT2D eigenvalue weighted by atomic mass is 16.6. The molecule has 0 atom stereocenters. The van der Waals surface area contributed by atoms with Gasteiger partial charge in [-0.3, -0.25) is 0 Å². The van der Waals surface area contributed by atoms with Gasteiger partial charge in [-0.1, -0.05) is 17.7 Å². The van der Waals surface area contributed by atoms with Crippen molar-refractivity contribution in [2.75, 3.05) is 13.2 Å². The maximum atomic E-state index is 5.43. The summed E-state index contributed by atoms with van der Waals surface area (Å²) in [6.45, 7) is 4.97. The second-order valence-corrected chi connectivity index (χ2v) is 2.99. The van der Waals surface area contributed by atoms with E-state index in [2.05, 4.69) is 17.8 Å². The summed E-state index contributed by atoms with van der Waals surface area (Å²) in [4.78, 5) is 4.40. The molecule has 0 saturated heterocycles. The predicted molar refractivity (Wildman–Crippen MR) is 51.6 cm³/mol. The fraction of sp³-hybridized carbons (Fsp3) is 0.400. The topological polar surface area (TPSA) is 44.5 Å². The van der Waals surface area contributed by atoms with Crippen molar-refractivity contribution in [3.63, 3.8) is 0 Å². The van der Waals surface area contributed by atoms with Crippen LogP contribution in [0.1, 0.15) is 11.1 Å². The van der Waals surface area contributed by atoms with Crippen LogP contribution in [0.2, 0.25) is 0 Å². The standard InChI is InChI=1S/C10H15NO2/c1-8-3-4-10(9(2)7-8)12-5-6-13-11/h3-4,7H,5-6,11H2,1-2H3. The van der Waals surface area contributed by atoms with E-state index in [0.29, 0.717) is 13.2 Å². The molecule has 1 aromatic carbocycles. The zero-order chi connectivity index (χ0) is 9.68. The van der Waals surface area contributed by atoms with Crippen molar-refractivity contribution in [1.82, 2.24) is 0 Å². The van der Waals surface area contributed by atoms with Crippen LogP contribution in [0.15, 0.2) is 18.2 Å². The molecule has 0 amide bonds. The molecule has 1 rings (SSSR count). The number of aryl methyl sites for hydroxylation is 2. The lowest BCUT2D eigenvalue weighted by atomic mass is 10.1. The molecule has 0 bridgehead atoms. The number of nitrogens with two attached hydrogens (primary N) is 1. The summed E-state index contributed by atoms with van der Waals surface area (Å²) in [7, 11) is 0. The van der Waals surface area contributed by atoms with E-state index in [9.17, 15) is 0 Å². The summed E-state index contributed by atoms with van der Waals surface area (Å²) in [5.74, 6) is 5.77. The minimum absolute atomic E-state index is 0.410. The highest BCUT2D eigenvalue weighted by Gasteiger charge is 1.98. The van der Waals surface area contributed by atoms with Gasteiger partial charge in [-0.2, -0.15) is 0 Å². The first-order valence-corrected chi connectivity index (χ1v) is 4.26. The zero-order valence-corrected chi connectivity index (χ0v) is 8.04. The minimum atomic E-state index is 0.410. The fourth-order valence-corrected chi connectivity index (χ4v) is 1.16. The third kappa shape index (κ3) is 3.05. The first kappa shape index (κ1) is 10.0. The molecule has 0 unspecified atom stereocenters. The van der Waals surface area contributed by atoms with E-state index < -0.39 is 0 Å². The Bertz CT molecular complexity index is 274. The Morgan fingerprint density at radius 2 is 2.00 bits per heavy atom. The van der Waals surface area contributed by atoms with Gasteiger partial charge in [0.25, 0.3) is 0 Å². The molecule has 2 N–H and O–H groups in total. The molecule has 0 saturated carbocycles. The van der Waals surface area contributed by atoms with E-state index in [1.807, 2.05) is 19.1 Å². The van der Waals surface area contributed by atoms with E-state index in [-0.39, 0.29) is 0 Å². The van der Waals surface area contributed by atoms with E-state index >= 15 is 0 Å². The number of ether oxygens (including phenoxy) is 1. The van der Waals surface area contributed by atoms with Crippen LogP contribution in [-0.4, -0.2) is 13.2 Å². The van der Waals surface area contributed by atoms with Crippen LogP contribution in [0.4, 0.5) is 0 Å². The first-order chi connectivity index (χ1) is 6.24. The Balaban J connectivity index is 2.56. The summed E-state index contributed by atoms with van der Waals surface area (Å²) in [5, 5.41) is 0. The molecule has 72 valence electrons. The van der Waals surface area contributed by atoms with Crippen LogP contribution in [0, 0.1) is 13.8 Å². The lowest BCUT2D eigenvalue weighted by molar-refractivity contribution is 0.102. The number of hydrogen-bond acceptors (Lipinski definition) is 3. The van der Waals surface area contributed by atoms with Gasteiger partial charge in [0.15, 0.2) is 0 Å². The summed E-state index contributed by atoms with van der Waals surface area (Å²) in [5.41, 5.74) is 2.37. The van der Waals surface area contributed by atoms with Gasteiger partial charge < -0.3 is 9.57 Å². The Hall–Kier alpha value is -1.06. The minimum Gasteiger partial charge on any atom is -0.491 e. The van der Waals surface area contributed by atoms with Crippen molar-refractivity contribution in [2.24, 2.45) is 5.90 Å². The van der Waals surface area contributed by atoms with Gasteiger partial charge >= 0.3 is 0 Å². The molecule has 0 heterocycles. The van der Waals surface area contributed by atoms with Crippen molar-refractivity contribution in [1.29, 1.82) is 0 Å². The van der Waals surface area contributed by atoms with Crippen LogP contribution in [0.3, 0.4) is 0 Å². The molecule has 0 radical (unpaired) electrons. The van der Waals surface area contributed by atoms with E-state index in [1.54, 1.807) is 0 Å². The molecule has 1 aromatic rings. The van der Waals surface area contributed by atoms with Gasteiger partial charge in [-0.15, -0.1) is 0 Å². The lowest BCUT2D eigenvalue weighted by Gasteiger charge is -2.08. The Morgan fingerprint density at radius 1 is 1.23 bits per heavy atom. The van der Waals surface area contributed by atoms with Crippen molar-refractivity contribution in [3.8, 4) is 5.75 Å². The van der Waals surface area contributed by atoms with Crippen LogP contribution in [0.25, 0.3) is 0 Å². The van der Waals surface area contributed by atoms with Crippen LogP contribution in [-0.2, 0) is 4.84 Å². The van der Waals surface area contributed by atoms with Crippen LogP contribution in [0.5, 0.6) is 5.75 Å². The monoisotopic (exact) mass is 181 g/mol. The van der Waals surface area contributed by atoms with E-state index in [1.165, 1.54) is 5.56 Å². The van der Waals surface area contributed by atoms with Crippen molar-refractivity contribution in [3.05, 3.63) is 29.3 Å². The molecule has 0 fully saturated rings. The predicted octanol–water partition coefficient (Wildman–Crippen LogP) is 1.57. The Labute approximate surface area is 78.4 Å². The molecule has 0 aromatic heterocycles. The van der Waals surface area contributed by atoms with Gasteiger partial charge in [0.1, 0.15) is 19.0 Å². The summed E-state index contributed by atoms with van der Waals surface area (Å²) < 4.78 is 5.43. The molecular weight excluding hydrogens is 166 g/mol. The van der Waals surface area contributed by atoms with Gasteiger partial charge in [-0.05, 0) is 25.5 Å². The molecule has 0 aliphatic rings. The van der Waals surface area contributed by atoms with Crippen molar-refractivity contribution >= 4 is 0 Å². The van der Waals surface area contributed by atoms with Gasteiger partial charge in [0.05, 0.1) is 0 Å². The van der Waals surface area contributed by atoms with E-state index in [4.69, 9.17) is 10.6 Å². The van der Waals surface area contributed by atoms with Crippen molar-refractivity contribution in [2.45, 2.75) is 13.8 Å². The second-order valence-electron chi connectivity index (χ2n) is 2.99. The molecular formula is C10H15NO2. The third-order valence-electron chi connectivity index (χ3n) is 1.79. The van der Waals surface area contributed by atoms with E-state index in [0.717, 1.165) is 11.3 Å².